The van der Waals surface area contributed by atoms with Crippen molar-refractivity contribution in [3.63, 3.8) is 0 Å². The highest BCUT2D eigenvalue weighted by Gasteiger charge is 2.20. The quantitative estimate of drug-likeness (QED) is 0.778. The first-order valence-electron chi connectivity index (χ1n) is 6.22. The van der Waals surface area contributed by atoms with E-state index >= 15 is 0 Å². The molecule has 0 saturated heterocycles. The highest BCUT2D eigenvalue weighted by Crippen LogP contribution is 2.19. The van der Waals surface area contributed by atoms with E-state index in [4.69, 9.17) is 0 Å². The van der Waals surface area contributed by atoms with Crippen LogP contribution in [0, 0.1) is 11.7 Å². The van der Waals surface area contributed by atoms with Crippen LogP contribution in [0.2, 0.25) is 0 Å². The van der Waals surface area contributed by atoms with Crippen LogP contribution >= 0.6 is 0 Å². The largest absolute Gasteiger partial charge is 0.314 e. The van der Waals surface area contributed by atoms with E-state index in [1.54, 1.807) is 12.1 Å². The lowest BCUT2D eigenvalue weighted by Gasteiger charge is -2.12. The molecule has 0 radical (unpaired) electrons. The normalized spacial score (nSPS) is 17.4. The molecule has 1 atom stereocenters. The van der Waals surface area contributed by atoms with Gasteiger partial charge in [0.05, 0.1) is 0 Å². The zero-order valence-corrected chi connectivity index (χ0v) is 9.88. The van der Waals surface area contributed by atoms with Crippen LogP contribution < -0.4 is 5.32 Å². The second-order valence-electron chi connectivity index (χ2n) is 4.95. The van der Waals surface area contributed by atoms with Crippen LogP contribution in [0.3, 0.4) is 0 Å². The zero-order chi connectivity index (χ0) is 11.4. The monoisotopic (exact) mass is 221 g/mol. The maximum atomic E-state index is 12.7. The Morgan fingerprint density at radius 2 is 2.00 bits per heavy atom. The number of hydrogen-bond acceptors (Lipinski definition) is 1. The average molecular weight is 221 g/mol. The number of nitrogens with one attached hydrogen (secondary N) is 1. The smallest absolute Gasteiger partial charge is 0.123 e. The second kappa shape index (κ2) is 5.44. The van der Waals surface area contributed by atoms with Gasteiger partial charge in [-0.15, -0.1) is 0 Å². The summed E-state index contributed by atoms with van der Waals surface area (Å²) in [6.07, 6.45) is 4.93. The van der Waals surface area contributed by atoms with Crippen molar-refractivity contribution in [2.75, 3.05) is 6.54 Å². The van der Waals surface area contributed by atoms with Crippen molar-refractivity contribution in [2.24, 2.45) is 5.92 Å². The summed E-state index contributed by atoms with van der Waals surface area (Å²) in [4.78, 5) is 0. The average Bonchev–Trinajstić information content (AvgIpc) is 3.09. The Labute approximate surface area is 97.1 Å². The number of aryl methyl sites for hydroxylation is 1. The predicted molar refractivity (Wildman–Crippen MR) is 64.9 cm³/mol. The fraction of sp³-hybridized carbons (Fsp3) is 0.571. The van der Waals surface area contributed by atoms with Crippen molar-refractivity contribution >= 4 is 0 Å². The van der Waals surface area contributed by atoms with E-state index in [-0.39, 0.29) is 5.82 Å². The Morgan fingerprint density at radius 1 is 1.31 bits per heavy atom. The van der Waals surface area contributed by atoms with Gasteiger partial charge in [0.2, 0.25) is 0 Å². The van der Waals surface area contributed by atoms with Gasteiger partial charge in [0, 0.05) is 6.04 Å². The van der Waals surface area contributed by atoms with E-state index < -0.39 is 0 Å². The minimum Gasteiger partial charge on any atom is -0.314 e. The molecular weight excluding hydrogens is 201 g/mol. The molecular formula is C14H20FN. The lowest BCUT2D eigenvalue weighted by atomic mass is 10.0. The molecule has 0 aliphatic heterocycles. The maximum absolute atomic E-state index is 12.7. The van der Waals surface area contributed by atoms with Crippen LogP contribution in [0.5, 0.6) is 0 Å². The molecule has 0 amide bonds. The highest BCUT2D eigenvalue weighted by atomic mass is 19.1. The van der Waals surface area contributed by atoms with E-state index in [0.717, 1.165) is 19.0 Å². The van der Waals surface area contributed by atoms with Gasteiger partial charge in [0.1, 0.15) is 5.82 Å². The van der Waals surface area contributed by atoms with Gasteiger partial charge >= 0.3 is 0 Å². The zero-order valence-electron chi connectivity index (χ0n) is 9.88. The number of hydrogen-bond donors (Lipinski definition) is 1. The van der Waals surface area contributed by atoms with Crippen molar-refractivity contribution in [1.29, 1.82) is 0 Å². The van der Waals surface area contributed by atoms with Crippen molar-refractivity contribution < 1.29 is 4.39 Å². The predicted octanol–water partition coefficient (Wildman–Crippen LogP) is 3.15. The van der Waals surface area contributed by atoms with E-state index in [2.05, 4.69) is 12.2 Å². The molecule has 1 aromatic rings. The Kier molecular flexibility index (Phi) is 3.94. The molecule has 1 saturated carbocycles. The molecule has 0 spiro atoms. The summed E-state index contributed by atoms with van der Waals surface area (Å²) in [7, 11) is 0. The van der Waals surface area contributed by atoms with Gasteiger partial charge in [0.15, 0.2) is 0 Å². The minimum atomic E-state index is -0.146. The lowest BCUT2D eigenvalue weighted by Crippen LogP contribution is -2.23. The van der Waals surface area contributed by atoms with Crippen LogP contribution in [0.15, 0.2) is 24.3 Å². The molecule has 1 unspecified atom stereocenters. The first kappa shape index (κ1) is 11.6. The molecule has 88 valence electrons. The van der Waals surface area contributed by atoms with Gasteiger partial charge in [-0.1, -0.05) is 19.1 Å². The van der Waals surface area contributed by atoms with E-state index in [1.165, 1.54) is 24.8 Å². The van der Waals surface area contributed by atoms with Crippen molar-refractivity contribution in [3.8, 4) is 0 Å². The van der Waals surface area contributed by atoms with Crippen LogP contribution in [0.1, 0.15) is 31.7 Å². The maximum Gasteiger partial charge on any atom is 0.123 e. The van der Waals surface area contributed by atoms with Gasteiger partial charge in [0.25, 0.3) is 0 Å². The van der Waals surface area contributed by atoms with Crippen molar-refractivity contribution in [2.45, 2.75) is 38.6 Å². The summed E-state index contributed by atoms with van der Waals surface area (Å²) in [5, 5.41) is 3.54. The second-order valence-corrected chi connectivity index (χ2v) is 4.95. The lowest BCUT2D eigenvalue weighted by molar-refractivity contribution is 0.479. The van der Waals surface area contributed by atoms with Gasteiger partial charge in [-0.2, -0.15) is 0 Å². The third-order valence-electron chi connectivity index (χ3n) is 3.17. The molecule has 1 aliphatic carbocycles. The standard InChI is InChI=1S/C14H20FN/c1-11(10-16-14-8-9-14)2-3-12-4-6-13(15)7-5-12/h4-7,11,14,16H,2-3,8-10H2,1H3. The summed E-state index contributed by atoms with van der Waals surface area (Å²) in [5.41, 5.74) is 1.24. The Bertz CT molecular complexity index is 316. The molecule has 1 nitrogen and oxygen atoms in total. The molecule has 1 aliphatic rings. The highest BCUT2D eigenvalue weighted by molar-refractivity contribution is 5.16. The van der Waals surface area contributed by atoms with E-state index in [9.17, 15) is 4.39 Å². The third kappa shape index (κ3) is 3.93. The Hall–Kier alpha value is -0.890. The molecule has 2 heteroatoms. The van der Waals surface area contributed by atoms with Gasteiger partial charge in [-0.05, 0) is 55.8 Å². The summed E-state index contributed by atoms with van der Waals surface area (Å²) >= 11 is 0. The molecule has 16 heavy (non-hydrogen) atoms. The first-order chi connectivity index (χ1) is 7.74. The molecule has 2 rings (SSSR count). The van der Waals surface area contributed by atoms with Crippen molar-refractivity contribution in [1.82, 2.24) is 5.32 Å². The molecule has 0 aromatic heterocycles. The minimum absolute atomic E-state index is 0.146. The fourth-order valence-electron chi connectivity index (χ4n) is 1.82. The number of rotatable bonds is 6. The van der Waals surface area contributed by atoms with Crippen LogP contribution in [0.4, 0.5) is 4.39 Å². The molecule has 1 fully saturated rings. The van der Waals surface area contributed by atoms with Crippen LogP contribution in [-0.2, 0) is 6.42 Å². The number of halogens is 1. The summed E-state index contributed by atoms with van der Waals surface area (Å²) in [6.45, 7) is 3.39. The molecule has 0 bridgehead atoms. The Morgan fingerprint density at radius 3 is 2.62 bits per heavy atom. The summed E-state index contributed by atoms with van der Waals surface area (Å²) < 4.78 is 12.7. The van der Waals surface area contributed by atoms with Crippen LogP contribution in [-0.4, -0.2) is 12.6 Å². The molecule has 1 aromatic carbocycles. The number of benzene rings is 1. The Balaban J connectivity index is 1.67. The van der Waals surface area contributed by atoms with Gasteiger partial charge in [-0.25, -0.2) is 4.39 Å². The van der Waals surface area contributed by atoms with Gasteiger partial charge < -0.3 is 5.32 Å². The summed E-state index contributed by atoms with van der Waals surface area (Å²) in [5.74, 6) is 0.554. The van der Waals surface area contributed by atoms with E-state index in [0.29, 0.717) is 5.92 Å². The summed E-state index contributed by atoms with van der Waals surface area (Å²) in [6, 6.07) is 7.66. The van der Waals surface area contributed by atoms with Crippen molar-refractivity contribution in [3.05, 3.63) is 35.6 Å². The molecule has 1 N–H and O–H groups in total. The topological polar surface area (TPSA) is 12.0 Å². The first-order valence-corrected chi connectivity index (χ1v) is 6.22. The van der Waals surface area contributed by atoms with Gasteiger partial charge in [-0.3, -0.25) is 0 Å². The fourth-order valence-corrected chi connectivity index (χ4v) is 1.82. The molecule has 0 heterocycles. The SMILES string of the molecule is CC(CCc1ccc(F)cc1)CNC1CC1. The third-order valence-corrected chi connectivity index (χ3v) is 3.17. The van der Waals surface area contributed by atoms with Crippen LogP contribution in [0.25, 0.3) is 0 Å². The van der Waals surface area contributed by atoms with E-state index in [1.807, 2.05) is 12.1 Å².